The Kier molecular flexibility index (Phi) is 8.46. The molecule has 3 aromatic rings. The molecule has 1 saturated heterocycles. The number of hydrogen-bond donors (Lipinski definition) is 1. The molecule has 2 aliphatic heterocycles. The second-order valence-corrected chi connectivity index (χ2v) is 10.2. The topological polar surface area (TPSA) is 99.1 Å². The van der Waals surface area contributed by atoms with Crippen molar-refractivity contribution in [1.29, 1.82) is 0 Å². The van der Waals surface area contributed by atoms with Crippen LogP contribution in [0.15, 0.2) is 59.5 Å². The predicted molar refractivity (Wildman–Crippen MR) is 145 cm³/mol. The minimum atomic E-state index is -0.820. The van der Waals surface area contributed by atoms with Crippen molar-refractivity contribution in [1.82, 2.24) is 14.8 Å². The van der Waals surface area contributed by atoms with E-state index in [4.69, 9.17) is 14.2 Å². The third-order valence-electron chi connectivity index (χ3n) is 7.44. The number of rotatable bonds is 9. The highest BCUT2D eigenvalue weighted by atomic mass is 19.1. The first-order valence-corrected chi connectivity index (χ1v) is 13.4. The molecule has 5 rings (SSSR count). The molecule has 0 saturated carbocycles. The standard InChI is InChI=1S/C30H31F2N3O6/c1-39-13-11-34-18-30(10-5-12-40-19-30)35-16-23(28(37)33-15-21-8-9-22(31)14-24(21)32)26(36)27(25(35)29(34)38)41-17-20-6-3-2-4-7-20/h2-4,6-9,14,16H,5,10-13,15,17-19H2,1H3,(H,33,37). The third kappa shape index (κ3) is 5.86. The van der Waals surface area contributed by atoms with E-state index < -0.39 is 34.4 Å². The second-order valence-electron chi connectivity index (χ2n) is 10.2. The van der Waals surface area contributed by atoms with Crippen LogP contribution in [0.4, 0.5) is 8.78 Å². The number of amides is 2. The summed E-state index contributed by atoms with van der Waals surface area (Å²) in [5.41, 5.74) is -0.909. The number of aromatic nitrogens is 1. The van der Waals surface area contributed by atoms with Crippen LogP contribution < -0.4 is 15.5 Å². The molecular weight excluding hydrogens is 536 g/mol. The van der Waals surface area contributed by atoms with Crippen LogP contribution in [0.1, 0.15) is 44.8 Å². The Morgan fingerprint density at radius 1 is 1.15 bits per heavy atom. The van der Waals surface area contributed by atoms with Gasteiger partial charge in [-0.3, -0.25) is 14.4 Å². The lowest BCUT2D eigenvalue weighted by molar-refractivity contribution is -0.0295. The molecule has 1 aromatic heterocycles. The molecular formula is C30H31F2N3O6. The molecule has 0 radical (unpaired) electrons. The molecule has 41 heavy (non-hydrogen) atoms. The Hall–Kier alpha value is -4.09. The van der Waals surface area contributed by atoms with Gasteiger partial charge in [-0.1, -0.05) is 36.4 Å². The van der Waals surface area contributed by atoms with Crippen LogP contribution in [0.25, 0.3) is 0 Å². The van der Waals surface area contributed by atoms with Crippen molar-refractivity contribution in [2.45, 2.75) is 31.5 Å². The number of nitrogens with zero attached hydrogens (tertiary/aromatic N) is 2. The van der Waals surface area contributed by atoms with E-state index in [1.807, 2.05) is 30.3 Å². The van der Waals surface area contributed by atoms with Gasteiger partial charge in [0.05, 0.1) is 18.8 Å². The number of pyridine rings is 1. The number of halogens is 2. The van der Waals surface area contributed by atoms with Crippen LogP contribution in [0.3, 0.4) is 0 Å². The maximum Gasteiger partial charge on any atom is 0.274 e. The van der Waals surface area contributed by atoms with Crippen molar-refractivity contribution in [3.63, 3.8) is 0 Å². The van der Waals surface area contributed by atoms with Gasteiger partial charge in [0.1, 0.15) is 23.8 Å². The van der Waals surface area contributed by atoms with Crippen LogP contribution in [0.2, 0.25) is 0 Å². The fraction of sp³-hybridized carbons (Fsp3) is 0.367. The van der Waals surface area contributed by atoms with Crippen LogP contribution in [0, 0.1) is 11.6 Å². The first kappa shape index (κ1) is 28.4. The maximum absolute atomic E-state index is 14.2. The van der Waals surface area contributed by atoms with Crippen molar-refractivity contribution >= 4 is 11.8 Å². The van der Waals surface area contributed by atoms with E-state index in [-0.39, 0.29) is 42.3 Å². The Bertz CT molecular complexity index is 1490. The first-order valence-electron chi connectivity index (χ1n) is 13.4. The number of fused-ring (bicyclic) bond motifs is 2. The molecule has 2 aromatic carbocycles. The van der Waals surface area contributed by atoms with Gasteiger partial charge in [-0.15, -0.1) is 0 Å². The molecule has 1 spiro atoms. The van der Waals surface area contributed by atoms with Crippen molar-refractivity contribution < 1.29 is 32.6 Å². The Morgan fingerprint density at radius 2 is 1.95 bits per heavy atom. The summed E-state index contributed by atoms with van der Waals surface area (Å²) in [6, 6.07) is 12.2. The summed E-state index contributed by atoms with van der Waals surface area (Å²) in [7, 11) is 1.55. The van der Waals surface area contributed by atoms with Crippen LogP contribution in [-0.2, 0) is 28.2 Å². The highest BCUT2D eigenvalue weighted by molar-refractivity contribution is 5.99. The molecule has 1 N–H and O–H groups in total. The summed E-state index contributed by atoms with van der Waals surface area (Å²) < 4.78 is 46.3. The zero-order valence-corrected chi connectivity index (χ0v) is 22.7. The molecule has 216 valence electrons. The van der Waals surface area contributed by atoms with Gasteiger partial charge in [0.15, 0.2) is 11.4 Å². The summed E-state index contributed by atoms with van der Waals surface area (Å²) in [4.78, 5) is 42.6. The van der Waals surface area contributed by atoms with E-state index in [0.29, 0.717) is 39.1 Å². The van der Waals surface area contributed by atoms with Crippen molar-refractivity contribution in [3.05, 3.63) is 99.0 Å². The number of nitrogens with one attached hydrogen (secondary N) is 1. The summed E-state index contributed by atoms with van der Waals surface area (Å²) >= 11 is 0. The van der Waals surface area contributed by atoms with Gasteiger partial charge in [-0.2, -0.15) is 0 Å². The van der Waals surface area contributed by atoms with Crippen molar-refractivity contribution in [2.75, 3.05) is 40.0 Å². The molecule has 9 nitrogen and oxygen atoms in total. The first-order chi connectivity index (χ1) is 19.8. The lowest BCUT2D eigenvalue weighted by atomic mass is 9.87. The lowest BCUT2D eigenvalue weighted by Crippen LogP contribution is -2.59. The highest BCUT2D eigenvalue weighted by Gasteiger charge is 2.46. The molecule has 1 unspecified atom stereocenters. The quantitative estimate of drug-likeness (QED) is 0.426. The van der Waals surface area contributed by atoms with Gasteiger partial charge in [0.25, 0.3) is 11.8 Å². The smallest absolute Gasteiger partial charge is 0.274 e. The number of ether oxygens (including phenoxy) is 3. The Morgan fingerprint density at radius 3 is 2.66 bits per heavy atom. The van der Waals surface area contributed by atoms with Crippen LogP contribution in [0.5, 0.6) is 5.75 Å². The van der Waals surface area contributed by atoms with Crippen LogP contribution in [-0.4, -0.2) is 61.3 Å². The number of methoxy groups -OCH3 is 1. The summed E-state index contributed by atoms with van der Waals surface area (Å²) in [6.07, 6.45) is 2.73. The van der Waals surface area contributed by atoms with E-state index in [1.54, 1.807) is 16.6 Å². The van der Waals surface area contributed by atoms with Gasteiger partial charge in [-0.25, -0.2) is 8.78 Å². The van der Waals surface area contributed by atoms with E-state index >= 15 is 0 Å². The predicted octanol–water partition coefficient (Wildman–Crippen LogP) is 3.24. The zero-order valence-electron chi connectivity index (χ0n) is 22.7. The number of hydrogen-bond acceptors (Lipinski definition) is 6. The average molecular weight is 568 g/mol. The second kappa shape index (κ2) is 12.2. The molecule has 0 bridgehead atoms. The van der Waals surface area contributed by atoms with Crippen molar-refractivity contribution in [3.8, 4) is 5.75 Å². The molecule has 1 atom stereocenters. The highest BCUT2D eigenvalue weighted by Crippen LogP contribution is 2.37. The van der Waals surface area contributed by atoms with Gasteiger partial charge in [0, 0.05) is 51.2 Å². The summed E-state index contributed by atoms with van der Waals surface area (Å²) in [5, 5.41) is 2.55. The molecule has 11 heteroatoms. The molecule has 2 aliphatic rings. The van der Waals surface area contributed by atoms with Gasteiger partial charge in [-0.05, 0) is 24.5 Å². The average Bonchev–Trinajstić information content (AvgIpc) is 2.98. The van der Waals surface area contributed by atoms with Crippen molar-refractivity contribution in [2.24, 2.45) is 0 Å². The molecule has 2 amide bonds. The largest absolute Gasteiger partial charge is 0.483 e. The Balaban J connectivity index is 1.58. The van der Waals surface area contributed by atoms with E-state index in [0.717, 1.165) is 17.7 Å². The number of carbonyl (C=O) groups excluding carboxylic acids is 2. The van der Waals surface area contributed by atoms with Gasteiger partial charge >= 0.3 is 0 Å². The minimum Gasteiger partial charge on any atom is -0.483 e. The summed E-state index contributed by atoms with van der Waals surface area (Å²) in [6.45, 7) is 1.43. The number of benzene rings is 2. The Labute approximate surface area is 235 Å². The van der Waals surface area contributed by atoms with Crippen LogP contribution >= 0.6 is 0 Å². The van der Waals surface area contributed by atoms with Gasteiger partial charge in [0.2, 0.25) is 5.43 Å². The zero-order chi connectivity index (χ0) is 29.0. The molecule has 0 aliphatic carbocycles. The maximum atomic E-state index is 14.2. The molecule has 3 heterocycles. The normalized spacial score (nSPS) is 18.3. The third-order valence-corrected chi connectivity index (χ3v) is 7.44. The SMILES string of the molecule is COCCN1CC2(CCCOC2)n2cc(C(=O)NCc3ccc(F)cc3F)c(=O)c(OCc3ccccc3)c2C1=O. The summed E-state index contributed by atoms with van der Waals surface area (Å²) in [5.74, 6) is -3.00. The minimum absolute atomic E-state index is 0.0101. The fourth-order valence-corrected chi connectivity index (χ4v) is 5.31. The van der Waals surface area contributed by atoms with Gasteiger partial charge < -0.3 is 29.0 Å². The van der Waals surface area contributed by atoms with E-state index in [1.165, 1.54) is 12.3 Å². The van der Waals surface area contributed by atoms with E-state index in [2.05, 4.69) is 5.32 Å². The lowest BCUT2D eigenvalue weighted by Gasteiger charge is -2.47. The van der Waals surface area contributed by atoms with E-state index in [9.17, 15) is 23.2 Å². The fourth-order valence-electron chi connectivity index (χ4n) is 5.31. The molecule has 1 fully saturated rings. The number of carbonyl (C=O) groups is 2. The monoisotopic (exact) mass is 567 g/mol.